The Morgan fingerprint density at radius 3 is 2.32 bits per heavy atom. The van der Waals surface area contributed by atoms with Gasteiger partial charge in [0.25, 0.3) is 0 Å². The van der Waals surface area contributed by atoms with Gasteiger partial charge in [-0.25, -0.2) is 9.97 Å². The normalized spacial score (nSPS) is 18.0. The second kappa shape index (κ2) is 7.67. The Kier molecular flexibility index (Phi) is 4.94. The molecule has 0 aliphatic carbocycles. The maximum absolute atomic E-state index is 6.04. The molecule has 0 bridgehead atoms. The van der Waals surface area contributed by atoms with E-state index in [9.17, 15) is 0 Å². The molecule has 7 nitrogen and oxygen atoms in total. The Hall–Kier alpha value is -2.38. The minimum Gasteiger partial charge on any atom is -0.462 e. The summed E-state index contributed by atoms with van der Waals surface area (Å²) in [5.41, 5.74) is 1.73. The van der Waals surface area contributed by atoms with Crippen LogP contribution < -0.4 is 0 Å². The molecule has 25 heavy (non-hydrogen) atoms. The Morgan fingerprint density at radius 2 is 1.72 bits per heavy atom. The number of hydrogen-bond acceptors (Lipinski definition) is 7. The van der Waals surface area contributed by atoms with Crippen molar-refractivity contribution in [1.82, 2.24) is 14.9 Å². The Balaban J connectivity index is 1.44. The number of aromatic nitrogens is 2. The Morgan fingerprint density at radius 1 is 0.960 bits per heavy atom. The summed E-state index contributed by atoms with van der Waals surface area (Å²) in [6, 6.07) is 4.04. The molecule has 1 atom stereocenters. The van der Waals surface area contributed by atoms with Crippen molar-refractivity contribution >= 4 is 0 Å². The molecule has 1 aliphatic rings. The third-order valence-corrected chi connectivity index (χ3v) is 4.30. The summed E-state index contributed by atoms with van der Waals surface area (Å²) in [4.78, 5) is 10.6. The van der Waals surface area contributed by atoms with Gasteiger partial charge in [-0.1, -0.05) is 0 Å². The van der Waals surface area contributed by atoms with Gasteiger partial charge in [-0.05, 0) is 31.4 Å². The summed E-state index contributed by atoms with van der Waals surface area (Å²) in [5, 5.41) is 0. The SMILES string of the molecule is c1nc(CN(Cc2cocn2)Cc2ccc(C3CCCCO3)o2)co1. The monoisotopic (exact) mass is 343 g/mol. The standard InChI is InChI=1S/C18H21N3O4/c1-2-6-24-17(3-1)18-5-4-16(25-18)9-21(7-14-10-22-12-19-14)8-15-11-23-13-20-15/h4-5,10-13,17H,1-3,6-9H2. The minimum absolute atomic E-state index is 0.0852. The summed E-state index contributed by atoms with van der Waals surface area (Å²) >= 11 is 0. The molecule has 132 valence electrons. The highest BCUT2D eigenvalue weighted by Crippen LogP contribution is 2.29. The number of furan rings is 1. The number of rotatable bonds is 7. The second-order valence-corrected chi connectivity index (χ2v) is 6.26. The molecule has 3 aromatic rings. The van der Waals surface area contributed by atoms with Crippen molar-refractivity contribution in [2.45, 2.75) is 45.0 Å². The molecule has 4 rings (SSSR count). The van der Waals surface area contributed by atoms with Gasteiger partial charge >= 0.3 is 0 Å². The molecule has 7 heteroatoms. The summed E-state index contributed by atoms with van der Waals surface area (Å²) in [6.07, 6.45) is 9.61. The van der Waals surface area contributed by atoms with Gasteiger partial charge in [0.2, 0.25) is 0 Å². The molecule has 0 aromatic carbocycles. The summed E-state index contributed by atoms with van der Waals surface area (Å²) in [7, 11) is 0. The van der Waals surface area contributed by atoms with E-state index in [-0.39, 0.29) is 6.10 Å². The first kappa shape index (κ1) is 16.1. The largest absolute Gasteiger partial charge is 0.462 e. The Labute approximate surface area is 145 Å². The van der Waals surface area contributed by atoms with Crippen LogP contribution in [0.25, 0.3) is 0 Å². The van der Waals surface area contributed by atoms with Gasteiger partial charge in [0, 0.05) is 19.7 Å². The number of ether oxygens (including phenoxy) is 1. The molecule has 4 heterocycles. The molecule has 0 spiro atoms. The predicted octanol–water partition coefficient (Wildman–Crippen LogP) is 3.70. The Bertz CT molecular complexity index is 709. The van der Waals surface area contributed by atoms with Crippen molar-refractivity contribution in [3.63, 3.8) is 0 Å². The average Bonchev–Trinajstić information content (AvgIpc) is 3.38. The molecule has 3 aromatic heterocycles. The zero-order valence-electron chi connectivity index (χ0n) is 14.0. The van der Waals surface area contributed by atoms with Crippen LogP contribution in [-0.2, 0) is 24.4 Å². The van der Waals surface area contributed by atoms with Crippen LogP contribution in [0.3, 0.4) is 0 Å². The quantitative estimate of drug-likeness (QED) is 0.647. The topological polar surface area (TPSA) is 77.7 Å². The summed E-state index contributed by atoms with van der Waals surface area (Å²) in [5.74, 6) is 1.81. The first-order valence-electron chi connectivity index (χ1n) is 8.53. The van der Waals surface area contributed by atoms with Crippen molar-refractivity contribution in [3.8, 4) is 0 Å². The first-order chi connectivity index (χ1) is 12.4. The third kappa shape index (κ3) is 4.18. The molecule has 1 unspecified atom stereocenters. The lowest BCUT2D eigenvalue weighted by Crippen LogP contribution is -2.22. The molecule has 0 saturated carbocycles. The maximum atomic E-state index is 6.04. The van der Waals surface area contributed by atoms with Crippen molar-refractivity contribution in [3.05, 3.63) is 60.4 Å². The molecule has 1 fully saturated rings. The zero-order valence-corrected chi connectivity index (χ0v) is 14.0. The van der Waals surface area contributed by atoms with Crippen LogP contribution in [0.15, 0.2) is 50.7 Å². The van der Waals surface area contributed by atoms with Crippen LogP contribution in [0.4, 0.5) is 0 Å². The van der Waals surface area contributed by atoms with Gasteiger partial charge in [-0.3, -0.25) is 4.90 Å². The van der Waals surface area contributed by atoms with Crippen LogP contribution in [0.1, 0.15) is 48.3 Å². The lowest BCUT2D eigenvalue weighted by atomic mass is 10.1. The lowest BCUT2D eigenvalue weighted by molar-refractivity contribution is 0.000774. The summed E-state index contributed by atoms with van der Waals surface area (Å²) in [6.45, 7) is 2.73. The van der Waals surface area contributed by atoms with Gasteiger partial charge in [0.15, 0.2) is 12.8 Å². The molecular formula is C18H21N3O4. The molecule has 0 radical (unpaired) electrons. The van der Waals surface area contributed by atoms with E-state index >= 15 is 0 Å². The van der Waals surface area contributed by atoms with Crippen LogP contribution in [0.5, 0.6) is 0 Å². The smallest absolute Gasteiger partial charge is 0.180 e. The van der Waals surface area contributed by atoms with Gasteiger partial charge in [-0.2, -0.15) is 0 Å². The van der Waals surface area contributed by atoms with E-state index in [0.717, 1.165) is 42.4 Å². The molecule has 0 N–H and O–H groups in total. The minimum atomic E-state index is 0.0852. The molecular weight excluding hydrogens is 322 g/mol. The van der Waals surface area contributed by atoms with E-state index in [1.165, 1.54) is 19.2 Å². The second-order valence-electron chi connectivity index (χ2n) is 6.26. The highest BCUT2D eigenvalue weighted by Gasteiger charge is 2.20. The van der Waals surface area contributed by atoms with Crippen LogP contribution in [-0.4, -0.2) is 21.5 Å². The third-order valence-electron chi connectivity index (χ3n) is 4.30. The van der Waals surface area contributed by atoms with E-state index in [1.54, 1.807) is 12.5 Å². The highest BCUT2D eigenvalue weighted by molar-refractivity contribution is 5.10. The fourth-order valence-corrected chi connectivity index (χ4v) is 3.10. The number of nitrogens with zero attached hydrogens (tertiary/aromatic N) is 3. The first-order valence-corrected chi connectivity index (χ1v) is 8.53. The van der Waals surface area contributed by atoms with E-state index in [0.29, 0.717) is 19.6 Å². The van der Waals surface area contributed by atoms with Gasteiger partial charge in [0.05, 0.1) is 17.9 Å². The van der Waals surface area contributed by atoms with Crippen LogP contribution in [0, 0.1) is 0 Å². The molecule has 0 amide bonds. The average molecular weight is 343 g/mol. The fourth-order valence-electron chi connectivity index (χ4n) is 3.10. The van der Waals surface area contributed by atoms with Crippen molar-refractivity contribution < 1.29 is 18.0 Å². The summed E-state index contributed by atoms with van der Waals surface area (Å²) < 4.78 is 22.0. The molecule has 1 saturated heterocycles. The van der Waals surface area contributed by atoms with Crippen molar-refractivity contribution in [2.75, 3.05) is 6.61 Å². The van der Waals surface area contributed by atoms with E-state index in [4.69, 9.17) is 18.0 Å². The predicted molar refractivity (Wildman–Crippen MR) is 87.2 cm³/mol. The lowest BCUT2D eigenvalue weighted by Gasteiger charge is -2.21. The van der Waals surface area contributed by atoms with Crippen molar-refractivity contribution in [1.29, 1.82) is 0 Å². The van der Waals surface area contributed by atoms with Gasteiger partial charge < -0.3 is 18.0 Å². The zero-order chi connectivity index (χ0) is 16.9. The number of hydrogen-bond donors (Lipinski definition) is 0. The van der Waals surface area contributed by atoms with Crippen molar-refractivity contribution in [2.24, 2.45) is 0 Å². The van der Waals surface area contributed by atoms with E-state index in [2.05, 4.69) is 14.9 Å². The van der Waals surface area contributed by atoms with E-state index < -0.39 is 0 Å². The van der Waals surface area contributed by atoms with Crippen LogP contribution in [0.2, 0.25) is 0 Å². The highest BCUT2D eigenvalue weighted by atomic mass is 16.5. The fraction of sp³-hybridized carbons (Fsp3) is 0.444. The maximum Gasteiger partial charge on any atom is 0.180 e. The van der Waals surface area contributed by atoms with Crippen LogP contribution >= 0.6 is 0 Å². The van der Waals surface area contributed by atoms with Gasteiger partial charge in [-0.15, -0.1) is 0 Å². The van der Waals surface area contributed by atoms with Gasteiger partial charge in [0.1, 0.15) is 30.2 Å². The van der Waals surface area contributed by atoms with E-state index in [1.807, 2.05) is 12.1 Å². The number of oxazole rings is 2. The molecule has 1 aliphatic heterocycles.